The number of carbonyl (C=O) groups excluding carboxylic acids is 1. The van der Waals surface area contributed by atoms with E-state index in [4.69, 9.17) is 0 Å². The molecule has 20 heavy (non-hydrogen) atoms. The number of anilines is 1. The van der Waals surface area contributed by atoms with Gasteiger partial charge in [-0.1, -0.05) is 18.2 Å². The number of para-hydroxylation sites is 1. The monoisotopic (exact) mass is 294 g/mol. The van der Waals surface area contributed by atoms with Crippen LogP contribution in [0.3, 0.4) is 0 Å². The maximum Gasteiger partial charge on any atom is 0.227 e. The van der Waals surface area contributed by atoms with Crippen LogP contribution in [0.1, 0.15) is 31.2 Å². The van der Waals surface area contributed by atoms with Gasteiger partial charge in [-0.25, -0.2) is 0 Å². The minimum absolute atomic E-state index is 0. The molecule has 0 bridgehead atoms. The molecule has 0 radical (unpaired) electrons. The SMILES string of the molecule is Cl.O=C(CCC1CCNCC1)N1CCc2ccccc21. The van der Waals surface area contributed by atoms with E-state index < -0.39 is 0 Å². The quantitative estimate of drug-likeness (QED) is 0.930. The number of benzene rings is 1. The van der Waals surface area contributed by atoms with Crippen LogP contribution in [0.2, 0.25) is 0 Å². The summed E-state index contributed by atoms with van der Waals surface area (Å²) in [7, 11) is 0. The first-order valence-corrected chi connectivity index (χ1v) is 7.43. The molecule has 3 rings (SSSR count). The van der Waals surface area contributed by atoms with E-state index in [1.54, 1.807) is 0 Å². The number of hydrogen-bond donors (Lipinski definition) is 1. The summed E-state index contributed by atoms with van der Waals surface area (Å²) in [6, 6.07) is 8.29. The Morgan fingerprint density at radius 3 is 2.80 bits per heavy atom. The first-order valence-electron chi connectivity index (χ1n) is 7.43. The van der Waals surface area contributed by atoms with Gasteiger partial charge in [-0.3, -0.25) is 4.79 Å². The highest BCUT2D eigenvalue weighted by Gasteiger charge is 2.24. The maximum atomic E-state index is 12.4. The minimum Gasteiger partial charge on any atom is -0.317 e. The van der Waals surface area contributed by atoms with Gasteiger partial charge in [0.2, 0.25) is 5.91 Å². The zero-order chi connectivity index (χ0) is 13.1. The first-order chi connectivity index (χ1) is 9.34. The van der Waals surface area contributed by atoms with Crippen molar-refractivity contribution in [2.45, 2.75) is 32.1 Å². The van der Waals surface area contributed by atoms with Gasteiger partial charge in [-0.05, 0) is 56.3 Å². The number of rotatable bonds is 3. The van der Waals surface area contributed by atoms with Crippen molar-refractivity contribution >= 4 is 24.0 Å². The van der Waals surface area contributed by atoms with Crippen molar-refractivity contribution in [1.82, 2.24) is 5.32 Å². The van der Waals surface area contributed by atoms with Crippen LogP contribution < -0.4 is 10.2 Å². The first kappa shape index (κ1) is 15.3. The second kappa shape index (κ2) is 7.09. The van der Waals surface area contributed by atoms with Gasteiger partial charge in [0.15, 0.2) is 0 Å². The molecular weight excluding hydrogens is 272 g/mol. The summed E-state index contributed by atoms with van der Waals surface area (Å²) in [5.41, 5.74) is 2.45. The third-order valence-electron chi connectivity index (χ3n) is 4.41. The molecule has 1 amide bonds. The summed E-state index contributed by atoms with van der Waals surface area (Å²) in [5, 5.41) is 3.38. The smallest absolute Gasteiger partial charge is 0.227 e. The number of nitrogens with zero attached hydrogens (tertiary/aromatic N) is 1. The Morgan fingerprint density at radius 1 is 1.25 bits per heavy atom. The van der Waals surface area contributed by atoms with Crippen molar-refractivity contribution in [3.05, 3.63) is 29.8 Å². The molecule has 0 unspecified atom stereocenters. The van der Waals surface area contributed by atoms with E-state index in [2.05, 4.69) is 23.5 Å². The molecule has 1 aromatic rings. The van der Waals surface area contributed by atoms with Crippen LogP contribution in [-0.4, -0.2) is 25.5 Å². The molecule has 2 aliphatic heterocycles. The van der Waals surface area contributed by atoms with Gasteiger partial charge in [-0.15, -0.1) is 12.4 Å². The van der Waals surface area contributed by atoms with Crippen LogP contribution in [0.4, 0.5) is 5.69 Å². The fourth-order valence-corrected chi connectivity index (χ4v) is 3.23. The van der Waals surface area contributed by atoms with Crippen molar-refractivity contribution in [3.8, 4) is 0 Å². The van der Waals surface area contributed by atoms with E-state index in [1.165, 1.54) is 18.4 Å². The molecular formula is C16H23ClN2O. The molecule has 0 saturated carbocycles. The highest BCUT2D eigenvalue weighted by atomic mass is 35.5. The van der Waals surface area contributed by atoms with E-state index >= 15 is 0 Å². The van der Waals surface area contributed by atoms with Gasteiger partial charge in [0, 0.05) is 18.7 Å². The highest BCUT2D eigenvalue weighted by Crippen LogP contribution is 2.28. The van der Waals surface area contributed by atoms with Crippen molar-refractivity contribution in [2.24, 2.45) is 5.92 Å². The molecule has 1 N–H and O–H groups in total. The summed E-state index contributed by atoms with van der Waals surface area (Å²) in [4.78, 5) is 14.3. The predicted molar refractivity (Wildman–Crippen MR) is 84.6 cm³/mol. The van der Waals surface area contributed by atoms with Crippen LogP contribution in [0.5, 0.6) is 0 Å². The lowest BCUT2D eigenvalue weighted by molar-refractivity contribution is -0.118. The standard InChI is InChI=1S/C16H22N2O.ClH/c19-16(6-5-13-7-10-17-11-8-13)18-12-9-14-3-1-2-4-15(14)18;/h1-4,13,17H,5-12H2;1H. The normalized spacial score (nSPS) is 18.5. The molecule has 1 fully saturated rings. The molecule has 4 heteroatoms. The van der Waals surface area contributed by atoms with Crippen molar-refractivity contribution in [1.29, 1.82) is 0 Å². The van der Waals surface area contributed by atoms with Gasteiger partial charge in [0.1, 0.15) is 0 Å². The Kier molecular flexibility index (Phi) is 5.44. The molecule has 0 atom stereocenters. The van der Waals surface area contributed by atoms with E-state index in [0.29, 0.717) is 12.3 Å². The molecule has 2 aliphatic rings. The largest absolute Gasteiger partial charge is 0.317 e. The summed E-state index contributed by atoms with van der Waals surface area (Å²) < 4.78 is 0. The number of amides is 1. The summed E-state index contributed by atoms with van der Waals surface area (Å²) in [6.45, 7) is 3.10. The molecule has 0 aliphatic carbocycles. The molecule has 0 aromatic heterocycles. The zero-order valence-corrected chi connectivity index (χ0v) is 12.6. The van der Waals surface area contributed by atoms with E-state index in [0.717, 1.165) is 44.1 Å². The Hall–Kier alpha value is -1.06. The van der Waals surface area contributed by atoms with Gasteiger partial charge >= 0.3 is 0 Å². The van der Waals surface area contributed by atoms with E-state index in [-0.39, 0.29) is 12.4 Å². The van der Waals surface area contributed by atoms with Gasteiger partial charge in [-0.2, -0.15) is 0 Å². The second-order valence-electron chi connectivity index (χ2n) is 5.66. The number of nitrogens with one attached hydrogen (secondary N) is 1. The molecule has 0 spiro atoms. The zero-order valence-electron chi connectivity index (χ0n) is 11.8. The topological polar surface area (TPSA) is 32.3 Å². The highest BCUT2D eigenvalue weighted by molar-refractivity contribution is 5.95. The molecule has 110 valence electrons. The fourth-order valence-electron chi connectivity index (χ4n) is 3.23. The Balaban J connectivity index is 0.00000147. The van der Waals surface area contributed by atoms with Crippen LogP contribution in [0.15, 0.2) is 24.3 Å². The van der Waals surface area contributed by atoms with Crippen LogP contribution >= 0.6 is 12.4 Å². The van der Waals surface area contributed by atoms with Crippen LogP contribution in [-0.2, 0) is 11.2 Å². The molecule has 1 aromatic carbocycles. The predicted octanol–water partition coefficient (Wildman–Crippen LogP) is 2.78. The number of carbonyl (C=O) groups is 1. The van der Waals surface area contributed by atoms with E-state index in [1.807, 2.05) is 11.0 Å². The Morgan fingerprint density at radius 2 is 2.00 bits per heavy atom. The second-order valence-corrected chi connectivity index (χ2v) is 5.66. The average Bonchev–Trinajstić information content (AvgIpc) is 2.90. The molecule has 3 nitrogen and oxygen atoms in total. The van der Waals surface area contributed by atoms with Gasteiger partial charge < -0.3 is 10.2 Å². The van der Waals surface area contributed by atoms with E-state index in [9.17, 15) is 4.79 Å². The van der Waals surface area contributed by atoms with Gasteiger partial charge in [0.05, 0.1) is 0 Å². The lowest BCUT2D eigenvalue weighted by Crippen LogP contribution is -2.31. The number of piperidine rings is 1. The summed E-state index contributed by atoms with van der Waals surface area (Å²) in [5.74, 6) is 1.05. The minimum atomic E-state index is 0. The Bertz CT molecular complexity index is 458. The fraction of sp³-hybridized carbons (Fsp3) is 0.562. The average molecular weight is 295 g/mol. The lowest BCUT2D eigenvalue weighted by atomic mass is 9.93. The lowest BCUT2D eigenvalue weighted by Gasteiger charge is -2.23. The third-order valence-corrected chi connectivity index (χ3v) is 4.41. The number of fused-ring (bicyclic) bond motifs is 1. The molecule has 2 heterocycles. The van der Waals surface area contributed by atoms with Gasteiger partial charge in [0.25, 0.3) is 0 Å². The summed E-state index contributed by atoms with van der Waals surface area (Å²) >= 11 is 0. The van der Waals surface area contributed by atoms with Crippen molar-refractivity contribution < 1.29 is 4.79 Å². The Labute approximate surface area is 127 Å². The molecule has 1 saturated heterocycles. The number of hydrogen-bond acceptors (Lipinski definition) is 2. The summed E-state index contributed by atoms with van der Waals surface area (Å²) in [6.07, 6.45) is 5.22. The maximum absolute atomic E-state index is 12.4. The number of halogens is 1. The van der Waals surface area contributed by atoms with Crippen molar-refractivity contribution in [2.75, 3.05) is 24.5 Å². The third kappa shape index (κ3) is 3.33. The van der Waals surface area contributed by atoms with Crippen LogP contribution in [0.25, 0.3) is 0 Å². The van der Waals surface area contributed by atoms with Crippen molar-refractivity contribution in [3.63, 3.8) is 0 Å². The van der Waals surface area contributed by atoms with Crippen LogP contribution in [0, 0.1) is 5.92 Å².